The van der Waals surface area contributed by atoms with E-state index < -0.39 is 11.7 Å². The zero-order valence-electron chi connectivity index (χ0n) is 9.71. The number of hydrogen-bond acceptors (Lipinski definition) is 2. The second-order valence-corrected chi connectivity index (χ2v) is 4.31. The number of hydrogen-bond donors (Lipinski definition) is 1. The molecule has 6 heteroatoms. The van der Waals surface area contributed by atoms with Crippen LogP contribution in [-0.4, -0.2) is 4.98 Å². The Kier molecular flexibility index (Phi) is 3.95. The van der Waals surface area contributed by atoms with Crippen LogP contribution in [0.5, 0.6) is 0 Å². The van der Waals surface area contributed by atoms with Crippen molar-refractivity contribution in [2.24, 2.45) is 0 Å². The van der Waals surface area contributed by atoms with Crippen molar-refractivity contribution in [1.29, 1.82) is 0 Å². The number of rotatable bonds is 3. The van der Waals surface area contributed by atoms with E-state index >= 15 is 0 Å². The van der Waals surface area contributed by atoms with Crippen molar-refractivity contribution >= 4 is 17.3 Å². The number of alkyl halides is 3. The number of halogens is 4. The first-order valence-electron chi connectivity index (χ1n) is 5.46. The molecule has 2 aromatic rings. The number of nitrogens with one attached hydrogen (secondary N) is 1. The maximum Gasteiger partial charge on any atom is 0.416 e. The third-order valence-corrected chi connectivity index (χ3v) is 2.83. The first kappa shape index (κ1) is 13.7. The predicted molar refractivity (Wildman–Crippen MR) is 68.0 cm³/mol. The molecule has 19 heavy (non-hydrogen) atoms. The molecule has 1 N–H and O–H groups in total. The summed E-state index contributed by atoms with van der Waals surface area (Å²) in [5, 5.41) is 3.12. The van der Waals surface area contributed by atoms with E-state index in [4.69, 9.17) is 11.6 Å². The number of benzene rings is 1. The number of pyridine rings is 1. The SMILES string of the molecule is FC(F)(F)c1ccc(Cl)c(NCc2cccnc2)c1. The molecule has 0 amide bonds. The Morgan fingerprint density at radius 3 is 2.63 bits per heavy atom. The Morgan fingerprint density at radius 1 is 1.21 bits per heavy atom. The van der Waals surface area contributed by atoms with Gasteiger partial charge in [0.05, 0.1) is 16.3 Å². The van der Waals surface area contributed by atoms with Crippen molar-refractivity contribution in [3.63, 3.8) is 0 Å². The smallest absolute Gasteiger partial charge is 0.380 e. The van der Waals surface area contributed by atoms with Gasteiger partial charge in [0, 0.05) is 18.9 Å². The van der Waals surface area contributed by atoms with E-state index in [0.717, 1.165) is 17.7 Å². The summed E-state index contributed by atoms with van der Waals surface area (Å²) < 4.78 is 37.7. The van der Waals surface area contributed by atoms with Crippen LogP contribution in [0.4, 0.5) is 18.9 Å². The summed E-state index contributed by atoms with van der Waals surface area (Å²) in [7, 11) is 0. The third-order valence-electron chi connectivity index (χ3n) is 2.50. The highest BCUT2D eigenvalue weighted by Crippen LogP contribution is 2.33. The number of anilines is 1. The van der Waals surface area contributed by atoms with Gasteiger partial charge >= 0.3 is 6.18 Å². The highest BCUT2D eigenvalue weighted by molar-refractivity contribution is 6.33. The molecule has 0 spiro atoms. The van der Waals surface area contributed by atoms with Gasteiger partial charge in [-0.1, -0.05) is 17.7 Å². The monoisotopic (exact) mass is 286 g/mol. The van der Waals surface area contributed by atoms with Crippen LogP contribution in [0, 0.1) is 0 Å². The molecule has 0 saturated heterocycles. The van der Waals surface area contributed by atoms with Crippen LogP contribution in [-0.2, 0) is 12.7 Å². The summed E-state index contributed by atoms with van der Waals surface area (Å²) in [6.45, 7) is 0.356. The topological polar surface area (TPSA) is 24.9 Å². The van der Waals surface area contributed by atoms with Crippen LogP contribution >= 0.6 is 11.6 Å². The van der Waals surface area contributed by atoms with Gasteiger partial charge in [-0.2, -0.15) is 13.2 Å². The van der Waals surface area contributed by atoms with Gasteiger partial charge in [0.15, 0.2) is 0 Å². The highest BCUT2D eigenvalue weighted by atomic mass is 35.5. The minimum absolute atomic E-state index is 0.247. The van der Waals surface area contributed by atoms with Gasteiger partial charge in [0.25, 0.3) is 0 Å². The van der Waals surface area contributed by atoms with E-state index in [1.165, 1.54) is 6.07 Å². The van der Waals surface area contributed by atoms with Gasteiger partial charge in [-0.25, -0.2) is 0 Å². The van der Waals surface area contributed by atoms with Crippen molar-refractivity contribution in [2.75, 3.05) is 5.32 Å². The molecular formula is C13H10ClF3N2. The minimum Gasteiger partial charge on any atom is -0.380 e. The summed E-state index contributed by atoms with van der Waals surface area (Å²) in [6.07, 6.45) is -1.12. The molecule has 0 bridgehead atoms. The van der Waals surface area contributed by atoms with E-state index in [0.29, 0.717) is 6.54 Å². The fourth-order valence-corrected chi connectivity index (χ4v) is 1.72. The normalized spacial score (nSPS) is 11.4. The van der Waals surface area contributed by atoms with Gasteiger partial charge in [-0.3, -0.25) is 4.98 Å². The average Bonchev–Trinajstić information content (AvgIpc) is 2.37. The van der Waals surface area contributed by atoms with Gasteiger partial charge in [-0.15, -0.1) is 0 Å². The fourth-order valence-electron chi connectivity index (χ4n) is 1.54. The highest BCUT2D eigenvalue weighted by Gasteiger charge is 2.30. The van der Waals surface area contributed by atoms with Crippen LogP contribution < -0.4 is 5.32 Å². The molecule has 0 atom stereocenters. The van der Waals surface area contributed by atoms with Crippen LogP contribution in [0.2, 0.25) is 5.02 Å². The molecule has 0 radical (unpaired) electrons. The van der Waals surface area contributed by atoms with Gasteiger partial charge in [-0.05, 0) is 29.8 Å². The zero-order chi connectivity index (χ0) is 13.9. The van der Waals surface area contributed by atoms with Crippen LogP contribution in [0.1, 0.15) is 11.1 Å². The van der Waals surface area contributed by atoms with E-state index in [9.17, 15) is 13.2 Å². The Bertz CT molecular complexity index is 556. The lowest BCUT2D eigenvalue weighted by molar-refractivity contribution is -0.137. The van der Waals surface area contributed by atoms with E-state index in [-0.39, 0.29) is 10.7 Å². The van der Waals surface area contributed by atoms with Crippen molar-refractivity contribution in [3.8, 4) is 0 Å². The molecule has 0 aliphatic rings. The summed E-state index contributed by atoms with van der Waals surface area (Å²) in [5.74, 6) is 0. The Balaban J connectivity index is 2.16. The molecule has 100 valence electrons. The Hall–Kier alpha value is -1.75. The first-order chi connectivity index (χ1) is 8.97. The first-order valence-corrected chi connectivity index (χ1v) is 5.84. The lowest BCUT2D eigenvalue weighted by atomic mass is 10.2. The van der Waals surface area contributed by atoms with Crippen LogP contribution in [0.3, 0.4) is 0 Å². The van der Waals surface area contributed by atoms with Crippen molar-refractivity contribution < 1.29 is 13.2 Å². The van der Waals surface area contributed by atoms with Crippen LogP contribution in [0.25, 0.3) is 0 Å². The second kappa shape index (κ2) is 5.48. The largest absolute Gasteiger partial charge is 0.416 e. The van der Waals surface area contributed by atoms with E-state index in [2.05, 4.69) is 10.3 Å². The molecule has 0 fully saturated rings. The molecule has 1 aromatic carbocycles. The summed E-state index contributed by atoms with van der Waals surface area (Å²) in [4.78, 5) is 3.92. The molecule has 0 aliphatic carbocycles. The number of aromatic nitrogens is 1. The molecule has 0 aliphatic heterocycles. The van der Waals surface area contributed by atoms with Crippen molar-refractivity contribution in [1.82, 2.24) is 4.98 Å². The Morgan fingerprint density at radius 2 is 2.00 bits per heavy atom. The predicted octanol–water partition coefficient (Wildman–Crippen LogP) is 4.37. The van der Waals surface area contributed by atoms with Gasteiger partial charge in [0.1, 0.15) is 0 Å². The van der Waals surface area contributed by atoms with Crippen LogP contribution in [0.15, 0.2) is 42.7 Å². The molecule has 2 nitrogen and oxygen atoms in total. The maximum absolute atomic E-state index is 12.6. The third kappa shape index (κ3) is 3.61. The van der Waals surface area contributed by atoms with E-state index in [1.807, 2.05) is 6.07 Å². The average molecular weight is 287 g/mol. The second-order valence-electron chi connectivity index (χ2n) is 3.91. The summed E-state index contributed by atoms with van der Waals surface area (Å²) >= 11 is 5.87. The summed E-state index contributed by atoms with van der Waals surface area (Å²) in [6, 6.07) is 6.76. The molecule has 2 rings (SSSR count). The van der Waals surface area contributed by atoms with Crippen molar-refractivity contribution in [3.05, 3.63) is 58.9 Å². The molecule has 0 saturated carbocycles. The molecule has 0 unspecified atom stereocenters. The maximum atomic E-state index is 12.6. The lowest BCUT2D eigenvalue weighted by Crippen LogP contribution is -2.07. The lowest BCUT2D eigenvalue weighted by Gasteiger charge is -2.12. The van der Waals surface area contributed by atoms with Crippen molar-refractivity contribution in [2.45, 2.75) is 12.7 Å². The minimum atomic E-state index is -4.38. The molecular weight excluding hydrogens is 277 g/mol. The van der Waals surface area contributed by atoms with Gasteiger partial charge < -0.3 is 5.32 Å². The molecule has 1 heterocycles. The molecule has 1 aromatic heterocycles. The Labute approximate surface area is 113 Å². The quantitative estimate of drug-likeness (QED) is 0.906. The standard InChI is InChI=1S/C13H10ClF3N2/c14-11-4-3-10(13(15,16)17)6-12(11)19-8-9-2-1-5-18-7-9/h1-7,19H,8H2. The number of nitrogens with zero attached hydrogens (tertiary/aromatic N) is 1. The summed E-state index contributed by atoms with van der Waals surface area (Å²) in [5.41, 5.74) is 0.377. The zero-order valence-corrected chi connectivity index (χ0v) is 10.5. The fraction of sp³-hybridized carbons (Fsp3) is 0.154. The van der Waals surface area contributed by atoms with E-state index in [1.54, 1.807) is 18.5 Å². The van der Waals surface area contributed by atoms with Gasteiger partial charge in [0.2, 0.25) is 0 Å².